The summed E-state index contributed by atoms with van der Waals surface area (Å²) in [7, 11) is 0. The van der Waals surface area contributed by atoms with Crippen LogP contribution >= 0.6 is 15.9 Å². The number of nitrogens with zero attached hydrogens (tertiary/aromatic N) is 2. The monoisotopic (exact) mass is 277 g/mol. The molecule has 2 aromatic heterocycles. The van der Waals surface area contributed by atoms with Crippen LogP contribution in [0.15, 0.2) is 41.4 Å². The summed E-state index contributed by atoms with van der Waals surface area (Å²) in [6.07, 6.45) is 7.25. The lowest BCUT2D eigenvalue weighted by Gasteiger charge is -2.08. The van der Waals surface area contributed by atoms with E-state index in [0.717, 1.165) is 16.7 Å². The minimum Gasteiger partial charge on any atom is -0.380 e. The molecule has 2 aromatic rings. The molecule has 0 aliphatic carbocycles. The average Bonchev–Trinajstić information content (AvgIpc) is 2.28. The van der Waals surface area contributed by atoms with Crippen LogP contribution in [-0.4, -0.2) is 9.97 Å². The Morgan fingerprint density at radius 1 is 1.25 bits per heavy atom. The van der Waals surface area contributed by atoms with Crippen molar-refractivity contribution in [2.45, 2.75) is 13.5 Å². The molecule has 0 spiro atoms. The molecule has 0 unspecified atom stereocenters. The highest BCUT2D eigenvalue weighted by Gasteiger charge is 1.98. The molecule has 0 radical (unpaired) electrons. The highest BCUT2D eigenvalue weighted by atomic mass is 79.9. The van der Waals surface area contributed by atoms with Crippen LogP contribution in [0.5, 0.6) is 0 Å². The number of aromatic nitrogens is 2. The third-order valence-corrected chi connectivity index (χ3v) is 2.77. The third-order valence-electron chi connectivity index (χ3n) is 2.34. The summed E-state index contributed by atoms with van der Waals surface area (Å²) in [5.41, 5.74) is 3.44. The Bertz CT molecular complexity index is 485. The van der Waals surface area contributed by atoms with Gasteiger partial charge >= 0.3 is 0 Å². The van der Waals surface area contributed by atoms with Crippen LogP contribution in [-0.2, 0) is 6.54 Å². The molecule has 0 saturated heterocycles. The summed E-state index contributed by atoms with van der Waals surface area (Å²) in [5, 5.41) is 3.31. The van der Waals surface area contributed by atoms with E-state index in [4.69, 9.17) is 0 Å². The lowest BCUT2D eigenvalue weighted by molar-refractivity contribution is 1.08. The Kier molecular flexibility index (Phi) is 3.51. The zero-order valence-electron chi connectivity index (χ0n) is 8.94. The van der Waals surface area contributed by atoms with Crippen LogP contribution < -0.4 is 5.32 Å². The molecule has 0 atom stereocenters. The highest BCUT2D eigenvalue weighted by Crippen LogP contribution is 2.15. The van der Waals surface area contributed by atoms with Gasteiger partial charge in [-0.05, 0) is 46.1 Å². The van der Waals surface area contributed by atoms with Crippen LogP contribution in [0.4, 0.5) is 5.69 Å². The van der Waals surface area contributed by atoms with Crippen molar-refractivity contribution in [3.8, 4) is 0 Å². The van der Waals surface area contributed by atoms with E-state index in [1.165, 1.54) is 11.1 Å². The van der Waals surface area contributed by atoms with Gasteiger partial charge in [-0.3, -0.25) is 9.97 Å². The van der Waals surface area contributed by atoms with Crippen molar-refractivity contribution in [3.63, 3.8) is 0 Å². The Morgan fingerprint density at radius 2 is 2.12 bits per heavy atom. The second-order valence-electron chi connectivity index (χ2n) is 3.55. The van der Waals surface area contributed by atoms with E-state index in [9.17, 15) is 0 Å². The molecule has 82 valence electrons. The molecule has 1 N–H and O–H groups in total. The quantitative estimate of drug-likeness (QED) is 0.937. The largest absolute Gasteiger partial charge is 0.380 e. The molecule has 0 aliphatic heterocycles. The lowest BCUT2D eigenvalue weighted by Crippen LogP contribution is -2.01. The predicted molar refractivity (Wildman–Crippen MR) is 68.2 cm³/mol. The van der Waals surface area contributed by atoms with Gasteiger partial charge in [-0.1, -0.05) is 0 Å². The van der Waals surface area contributed by atoms with Crippen LogP contribution in [0.3, 0.4) is 0 Å². The molecule has 0 saturated carbocycles. The summed E-state index contributed by atoms with van der Waals surface area (Å²) in [6.45, 7) is 2.84. The molecule has 0 fully saturated rings. The molecule has 0 amide bonds. The van der Waals surface area contributed by atoms with Gasteiger partial charge in [0.2, 0.25) is 0 Å². The number of rotatable bonds is 3. The molecular formula is C12H12BrN3. The number of hydrogen-bond acceptors (Lipinski definition) is 3. The molecule has 3 nitrogen and oxygen atoms in total. The maximum Gasteiger partial charge on any atom is 0.0540 e. The summed E-state index contributed by atoms with van der Waals surface area (Å²) < 4.78 is 0.973. The minimum atomic E-state index is 0.762. The SMILES string of the molecule is Cc1ccncc1CNc1cncc(Br)c1. The predicted octanol–water partition coefficient (Wildman–Crippen LogP) is 3.16. The summed E-state index contributed by atoms with van der Waals surface area (Å²) in [5.74, 6) is 0. The van der Waals surface area contributed by atoms with Crippen LogP contribution in [0, 0.1) is 6.92 Å². The van der Waals surface area contributed by atoms with Crippen LogP contribution in [0.2, 0.25) is 0 Å². The molecule has 2 rings (SSSR count). The number of aryl methyl sites for hydroxylation is 1. The van der Waals surface area contributed by atoms with Gasteiger partial charge in [0, 0.05) is 29.6 Å². The lowest BCUT2D eigenvalue weighted by atomic mass is 10.1. The highest BCUT2D eigenvalue weighted by molar-refractivity contribution is 9.10. The molecule has 16 heavy (non-hydrogen) atoms. The first kappa shape index (κ1) is 11.1. The standard InChI is InChI=1S/C12H12BrN3/c1-9-2-3-14-5-10(9)6-16-12-4-11(13)7-15-8-12/h2-5,7-8,16H,6H2,1H3. The van der Waals surface area contributed by atoms with Gasteiger partial charge in [0.1, 0.15) is 0 Å². The maximum atomic E-state index is 4.11. The second kappa shape index (κ2) is 5.07. The van der Waals surface area contributed by atoms with Crippen LogP contribution in [0.25, 0.3) is 0 Å². The van der Waals surface area contributed by atoms with E-state index in [1.807, 2.05) is 18.3 Å². The maximum absolute atomic E-state index is 4.11. The summed E-state index contributed by atoms with van der Waals surface area (Å²) >= 11 is 3.39. The number of anilines is 1. The van der Waals surface area contributed by atoms with Crippen molar-refractivity contribution < 1.29 is 0 Å². The van der Waals surface area contributed by atoms with E-state index < -0.39 is 0 Å². The second-order valence-corrected chi connectivity index (χ2v) is 4.46. The van der Waals surface area contributed by atoms with Gasteiger partial charge in [-0.25, -0.2) is 0 Å². The first-order valence-electron chi connectivity index (χ1n) is 4.99. The number of nitrogens with one attached hydrogen (secondary N) is 1. The Hall–Kier alpha value is -1.42. The smallest absolute Gasteiger partial charge is 0.0540 e. The number of hydrogen-bond donors (Lipinski definition) is 1. The molecule has 0 aromatic carbocycles. The van der Waals surface area contributed by atoms with Crippen molar-refractivity contribution in [2.75, 3.05) is 5.32 Å². The fraction of sp³-hybridized carbons (Fsp3) is 0.167. The zero-order chi connectivity index (χ0) is 11.4. The average molecular weight is 278 g/mol. The van der Waals surface area contributed by atoms with Crippen molar-refractivity contribution >= 4 is 21.6 Å². The number of pyridine rings is 2. The molecule has 4 heteroatoms. The van der Waals surface area contributed by atoms with Gasteiger partial charge < -0.3 is 5.32 Å². The van der Waals surface area contributed by atoms with E-state index >= 15 is 0 Å². The Morgan fingerprint density at radius 3 is 2.88 bits per heavy atom. The molecular weight excluding hydrogens is 266 g/mol. The van der Waals surface area contributed by atoms with Gasteiger partial charge in [-0.2, -0.15) is 0 Å². The molecule has 0 aliphatic rings. The minimum absolute atomic E-state index is 0.762. The zero-order valence-corrected chi connectivity index (χ0v) is 10.5. The topological polar surface area (TPSA) is 37.8 Å². The first-order valence-corrected chi connectivity index (χ1v) is 5.79. The van der Waals surface area contributed by atoms with Gasteiger partial charge in [0.05, 0.1) is 11.9 Å². The summed E-state index contributed by atoms with van der Waals surface area (Å²) in [4.78, 5) is 8.20. The first-order chi connectivity index (χ1) is 7.75. The van der Waals surface area contributed by atoms with E-state index in [1.54, 1.807) is 18.6 Å². The van der Waals surface area contributed by atoms with E-state index in [2.05, 4.69) is 38.1 Å². The van der Waals surface area contributed by atoms with Crippen molar-refractivity contribution in [2.24, 2.45) is 0 Å². The molecule has 2 heterocycles. The van der Waals surface area contributed by atoms with Gasteiger partial charge in [-0.15, -0.1) is 0 Å². The van der Waals surface area contributed by atoms with E-state index in [0.29, 0.717) is 0 Å². The number of halogens is 1. The van der Waals surface area contributed by atoms with Crippen LogP contribution in [0.1, 0.15) is 11.1 Å². The Balaban J connectivity index is 2.05. The van der Waals surface area contributed by atoms with Gasteiger partial charge in [0.15, 0.2) is 0 Å². The summed E-state index contributed by atoms with van der Waals surface area (Å²) in [6, 6.07) is 4.01. The van der Waals surface area contributed by atoms with Gasteiger partial charge in [0.25, 0.3) is 0 Å². The van der Waals surface area contributed by atoms with E-state index in [-0.39, 0.29) is 0 Å². The third kappa shape index (κ3) is 2.79. The van der Waals surface area contributed by atoms with Crippen molar-refractivity contribution in [1.82, 2.24) is 9.97 Å². The van der Waals surface area contributed by atoms with Crippen molar-refractivity contribution in [3.05, 3.63) is 52.5 Å². The fourth-order valence-corrected chi connectivity index (χ4v) is 1.75. The normalized spacial score (nSPS) is 10.1. The van der Waals surface area contributed by atoms with Crippen molar-refractivity contribution in [1.29, 1.82) is 0 Å². The Labute approximate surface area is 103 Å². The fourth-order valence-electron chi connectivity index (χ4n) is 1.39. The molecule has 0 bridgehead atoms.